The van der Waals surface area contributed by atoms with E-state index in [0.29, 0.717) is 11.1 Å². The lowest BCUT2D eigenvalue weighted by atomic mass is 10.1. The van der Waals surface area contributed by atoms with Crippen molar-refractivity contribution in [1.29, 1.82) is 0 Å². The fourth-order valence-corrected chi connectivity index (χ4v) is 1.85. The Hall–Kier alpha value is -2.00. The molecule has 0 bridgehead atoms. The predicted octanol–water partition coefficient (Wildman–Crippen LogP) is 2.36. The van der Waals surface area contributed by atoms with Crippen molar-refractivity contribution in [3.8, 4) is 11.8 Å². The van der Waals surface area contributed by atoms with Crippen LogP contribution in [0.4, 0.5) is 13.2 Å². The lowest BCUT2D eigenvalue weighted by molar-refractivity contribution is -0.140. The van der Waals surface area contributed by atoms with E-state index in [1.165, 1.54) is 19.1 Å². The number of carbonyl (C=O) groups is 1. The van der Waals surface area contributed by atoms with Gasteiger partial charge in [-0.1, -0.05) is 11.8 Å². The van der Waals surface area contributed by atoms with Gasteiger partial charge in [-0.2, -0.15) is 13.2 Å². The van der Waals surface area contributed by atoms with Crippen molar-refractivity contribution in [2.24, 2.45) is 0 Å². The third-order valence-electron chi connectivity index (χ3n) is 2.68. The maximum absolute atomic E-state index is 12.4. The lowest BCUT2D eigenvalue weighted by Gasteiger charge is -2.22. The molecular weight excluding hydrogens is 283 g/mol. The van der Waals surface area contributed by atoms with Crippen LogP contribution in [0, 0.1) is 18.8 Å². The van der Waals surface area contributed by atoms with Crippen molar-refractivity contribution in [3.63, 3.8) is 0 Å². The van der Waals surface area contributed by atoms with Crippen molar-refractivity contribution in [2.75, 3.05) is 19.7 Å². The molecule has 0 fully saturated rings. The molecule has 0 aromatic heterocycles. The number of halogens is 3. The van der Waals surface area contributed by atoms with Gasteiger partial charge in [0.2, 0.25) is 0 Å². The number of aliphatic hydroxyl groups is 1. The second-order valence-corrected chi connectivity index (χ2v) is 4.48. The average molecular weight is 299 g/mol. The first-order chi connectivity index (χ1) is 9.76. The van der Waals surface area contributed by atoms with Crippen molar-refractivity contribution < 1.29 is 23.1 Å². The van der Waals surface area contributed by atoms with Crippen LogP contribution in [0.3, 0.4) is 0 Å². The molecule has 0 unspecified atom stereocenters. The summed E-state index contributed by atoms with van der Waals surface area (Å²) >= 11 is 0. The first-order valence-corrected chi connectivity index (χ1v) is 6.34. The van der Waals surface area contributed by atoms with E-state index in [9.17, 15) is 18.0 Å². The highest BCUT2D eigenvalue weighted by atomic mass is 19.4. The molecule has 0 saturated heterocycles. The molecule has 6 heteroatoms. The molecule has 21 heavy (non-hydrogen) atoms. The molecule has 0 heterocycles. The second kappa shape index (κ2) is 7.14. The Bertz CT molecular complexity index is 571. The van der Waals surface area contributed by atoms with Gasteiger partial charge < -0.3 is 10.0 Å². The van der Waals surface area contributed by atoms with Gasteiger partial charge in [-0.3, -0.25) is 4.79 Å². The highest BCUT2D eigenvalue weighted by Gasteiger charge is 2.32. The van der Waals surface area contributed by atoms with E-state index in [2.05, 4.69) is 11.8 Å². The molecule has 1 aromatic rings. The Morgan fingerprint density at radius 1 is 1.33 bits per heavy atom. The maximum atomic E-state index is 12.4. The van der Waals surface area contributed by atoms with Crippen LogP contribution in [0.1, 0.15) is 28.4 Å². The van der Waals surface area contributed by atoms with Crippen LogP contribution in [-0.4, -0.2) is 41.8 Å². The summed E-state index contributed by atoms with van der Waals surface area (Å²) in [6.45, 7) is 1.57. The minimum atomic E-state index is -4.44. The van der Waals surface area contributed by atoms with E-state index in [1.54, 1.807) is 13.0 Å². The van der Waals surface area contributed by atoms with Gasteiger partial charge in [0.15, 0.2) is 0 Å². The van der Waals surface area contributed by atoms with Crippen LogP contribution in [0.5, 0.6) is 0 Å². The summed E-state index contributed by atoms with van der Waals surface area (Å²) < 4.78 is 37.3. The van der Waals surface area contributed by atoms with E-state index < -0.39 is 18.6 Å². The van der Waals surface area contributed by atoms with E-state index in [0.717, 1.165) is 4.90 Å². The standard InChI is InChI=1S/C15H16F3NO2/c1-3-19(10-15(16,17)18)14(21)13-8-11(2)7-12(9-13)5-4-6-20/h7-9,20H,3,6,10H2,1-2H3. The number of nitrogens with zero attached hydrogens (tertiary/aromatic N) is 1. The number of benzene rings is 1. The Morgan fingerprint density at radius 3 is 2.52 bits per heavy atom. The molecule has 0 aliphatic rings. The smallest absolute Gasteiger partial charge is 0.384 e. The zero-order valence-corrected chi connectivity index (χ0v) is 11.8. The number of aliphatic hydroxyl groups excluding tert-OH is 1. The Kier molecular flexibility index (Phi) is 5.79. The fourth-order valence-electron chi connectivity index (χ4n) is 1.85. The first-order valence-electron chi connectivity index (χ1n) is 6.34. The number of amides is 1. The van der Waals surface area contributed by atoms with Crippen LogP contribution in [-0.2, 0) is 0 Å². The fraction of sp³-hybridized carbons (Fsp3) is 0.400. The van der Waals surface area contributed by atoms with Gasteiger partial charge in [0, 0.05) is 17.7 Å². The molecule has 1 rings (SSSR count). The van der Waals surface area contributed by atoms with Gasteiger partial charge in [0.1, 0.15) is 13.2 Å². The summed E-state index contributed by atoms with van der Waals surface area (Å²) in [6.07, 6.45) is -4.44. The lowest BCUT2D eigenvalue weighted by Crippen LogP contribution is -2.38. The largest absolute Gasteiger partial charge is 0.406 e. The van der Waals surface area contributed by atoms with E-state index in [-0.39, 0.29) is 18.7 Å². The molecule has 3 nitrogen and oxygen atoms in total. The number of rotatable bonds is 3. The van der Waals surface area contributed by atoms with E-state index in [1.807, 2.05) is 0 Å². The van der Waals surface area contributed by atoms with E-state index in [4.69, 9.17) is 5.11 Å². The molecule has 0 aliphatic carbocycles. The summed E-state index contributed by atoms with van der Waals surface area (Å²) in [5.74, 6) is 4.39. The van der Waals surface area contributed by atoms with Gasteiger partial charge in [-0.05, 0) is 37.6 Å². The van der Waals surface area contributed by atoms with Crippen LogP contribution >= 0.6 is 0 Å². The van der Waals surface area contributed by atoms with Gasteiger partial charge in [0.25, 0.3) is 5.91 Å². The number of carbonyl (C=O) groups excluding carboxylic acids is 1. The molecule has 1 N–H and O–H groups in total. The van der Waals surface area contributed by atoms with Gasteiger partial charge >= 0.3 is 6.18 Å². The Balaban J connectivity index is 3.08. The van der Waals surface area contributed by atoms with Crippen LogP contribution in [0.2, 0.25) is 0 Å². The molecule has 114 valence electrons. The topological polar surface area (TPSA) is 40.5 Å². The normalized spacial score (nSPS) is 10.8. The summed E-state index contributed by atoms with van der Waals surface area (Å²) in [6, 6.07) is 4.64. The number of aryl methyl sites for hydroxylation is 1. The summed E-state index contributed by atoms with van der Waals surface area (Å²) in [7, 11) is 0. The van der Waals surface area contributed by atoms with Crippen LogP contribution < -0.4 is 0 Å². The predicted molar refractivity (Wildman–Crippen MR) is 72.8 cm³/mol. The molecule has 0 saturated carbocycles. The number of hydrogen-bond donors (Lipinski definition) is 1. The Labute approximate surface area is 121 Å². The molecule has 0 spiro atoms. The van der Waals surface area contributed by atoms with E-state index >= 15 is 0 Å². The molecule has 1 aromatic carbocycles. The maximum Gasteiger partial charge on any atom is 0.406 e. The molecule has 0 atom stereocenters. The van der Waals surface area contributed by atoms with Crippen molar-refractivity contribution in [1.82, 2.24) is 4.90 Å². The Morgan fingerprint density at radius 2 is 2.00 bits per heavy atom. The summed E-state index contributed by atoms with van der Waals surface area (Å²) in [4.78, 5) is 12.9. The zero-order chi connectivity index (χ0) is 16.0. The van der Waals surface area contributed by atoms with Crippen LogP contribution in [0.15, 0.2) is 18.2 Å². The first kappa shape index (κ1) is 17.1. The zero-order valence-electron chi connectivity index (χ0n) is 11.8. The van der Waals surface area contributed by atoms with Crippen molar-refractivity contribution in [2.45, 2.75) is 20.0 Å². The third kappa shape index (κ3) is 5.48. The summed E-state index contributed by atoms with van der Waals surface area (Å²) in [5.41, 5.74) is 1.35. The van der Waals surface area contributed by atoms with Crippen LogP contribution in [0.25, 0.3) is 0 Å². The second-order valence-electron chi connectivity index (χ2n) is 4.48. The van der Waals surface area contributed by atoms with Gasteiger partial charge in [-0.15, -0.1) is 0 Å². The van der Waals surface area contributed by atoms with Gasteiger partial charge in [-0.25, -0.2) is 0 Å². The SMILES string of the molecule is CCN(CC(F)(F)F)C(=O)c1cc(C)cc(C#CCO)c1. The third-order valence-corrected chi connectivity index (χ3v) is 2.68. The molecule has 1 amide bonds. The molecule has 0 radical (unpaired) electrons. The monoisotopic (exact) mass is 299 g/mol. The number of hydrogen-bond acceptors (Lipinski definition) is 2. The number of alkyl halides is 3. The molecule has 0 aliphatic heterocycles. The minimum Gasteiger partial charge on any atom is -0.384 e. The molecular formula is C15H16F3NO2. The highest BCUT2D eigenvalue weighted by molar-refractivity contribution is 5.94. The van der Waals surface area contributed by atoms with Crippen molar-refractivity contribution in [3.05, 3.63) is 34.9 Å². The summed E-state index contributed by atoms with van der Waals surface area (Å²) in [5, 5.41) is 8.66. The minimum absolute atomic E-state index is 0.0378. The average Bonchev–Trinajstić information content (AvgIpc) is 2.40. The van der Waals surface area contributed by atoms with Gasteiger partial charge in [0.05, 0.1) is 0 Å². The van der Waals surface area contributed by atoms with Crippen molar-refractivity contribution >= 4 is 5.91 Å². The highest BCUT2D eigenvalue weighted by Crippen LogP contribution is 2.19. The quantitative estimate of drug-likeness (QED) is 0.871.